The van der Waals surface area contributed by atoms with Crippen molar-refractivity contribution in [1.82, 2.24) is 14.5 Å². The summed E-state index contributed by atoms with van der Waals surface area (Å²) in [6, 6.07) is 8.15. The predicted molar refractivity (Wildman–Crippen MR) is 81.7 cm³/mol. The molecule has 0 amide bonds. The smallest absolute Gasteiger partial charge is 0.107 e. The van der Waals surface area contributed by atoms with Crippen molar-refractivity contribution in [3.05, 3.63) is 53.1 Å². The lowest BCUT2D eigenvalue weighted by molar-refractivity contribution is 0.758. The second-order valence-electron chi connectivity index (χ2n) is 5.16. The highest BCUT2D eigenvalue weighted by atomic mass is 15.1. The van der Waals surface area contributed by atoms with Gasteiger partial charge in [0.15, 0.2) is 0 Å². The number of benzene rings is 1. The second kappa shape index (κ2) is 4.63. The van der Waals surface area contributed by atoms with E-state index in [4.69, 9.17) is 5.73 Å². The summed E-state index contributed by atoms with van der Waals surface area (Å²) in [5.41, 5.74) is 12.2. The Balaban J connectivity index is 2.10. The molecule has 3 rings (SSSR count). The largest absolute Gasteiger partial charge is 0.398 e. The van der Waals surface area contributed by atoms with E-state index in [9.17, 15) is 0 Å². The number of rotatable bonds is 2. The summed E-state index contributed by atoms with van der Waals surface area (Å²) in [5.74, 6) is 0.992. The Kier molecular flexibility index (Phi) is 2.93. The summed E-state index contributed by atoms with van der Waals surface area (Å²) in [7, 11) is 0. The molecule has 0 bridgehead atoms. The number of para-hydroxylation sites is 2. The van der Waals surface area contributed by atoms with Gasteiger partial charge in [0.1, 0.15) is 5.82 Å². The number of aryl methyl sites for hydroxylation is 2. The SMILES string of the molecule is Cc1cnc(Cn2c(C)nc3ccccc32)c(C)c1N. The van der Waals surface area contributed by atoms with Gasteiger partial charge in [0.05, 0.1) is 23.3 Å². The first kappa shape index (κ1) is 12.7. The standard InChI is InChI=1S/C16H18N4/c1-10-8-18-14(11(2)16(10)17)9-20-12(3)19-13-6-4-5-7-15(13)20/h4-8H,9H2,1-3H3,(H2,17,18). The molecule has 0 unspecified atom stereocenters. The maximum absolute atomic E-state index is 6.10. The van der Waals surface area contributed by atoms with E-state index in [2.05, 4.69) is 20.6 Å². The van der Waals surface area contributed by atoms with E-state index in [0.29, 0.717) is 6.54 Å². The van der Waals surface area contributed by atoms with Crippen LogP contribution in [0.2, 0.25) is 0 Å². The van der Waals surface area contributed by atoms with E-state index in [1.807, 2.05) is 45.2 Å². The number of pyridine rings is 1. The monoisotopic (exact) mass is 266 g/mol. The predicted octanol–water partition coefficient (Wildman–Crippen LogP) is 2.99. The number of nitrogen functional groups attached to an aromatic ring is 1. The minimum Gasteiger partial charge on any atom is -0.398 e. The van der Waals surface area contributed by atoms with Gasteiger partial charge in [-0.15, -0.1) is 0 Å². The topological polar surface area (TPSA) is 56.7 Å². The van der Waals surface area contributed by atoms with Crippen molar-refractivity contribution in [1.29, 1.82) is 0 Å². The summed E-state index contributed by atoms with van der Waals surface area (Å²) in [6.45, 7) is 6.73. The van der Waals surface area contributed by atoms with Gasteiger partial charge in [0, 0.05) is 11.9 Å². The van der Waals surface area contributed by atoms with Crippen molar-refractivity contribution in [2.75, 3.05) is 5.73 Å². The maximum atomic E-state index is 6.10. The number of nitrogens with zero attached hydrogens (tertiary/aromatic N) is 3. The molecule has 2 heterocycles. The summed E-state index contributed by atoms with van der Waals surface area (Å²) < 4.78 is 2.18. The molecule has 2 N–H and O–H groups in total. The van der Waals surface area contributed by atoms with Gasteiger partial charge in [-0.05, 0) is 44.0 Å². The summed E-state index contributed by atoms with van der Waals surface area (Å²) in [6.07, 6.45) is 1.84. The Morgan fingerprint density at radius 3 is 2.70 bits per heavy atom. The minimum atomic E-state index is 0.697. The molecule has 0 saturated heterocycles. The molecular formula is C16H18N4. The fourth-order valence-electron chi connectivity index (χ4n) is 2.50. The number of anilines is 1. The van der Waals surface area contributed by atoms with Crippen LogP contribution in [0.25, 0.3) is 11.0 Å². The highest BCUT2D eigenvalue weighted by molar-refractivity contribution is 5.76. The van der Waals surface area contributed by atoms with Crippen LogP contribution in [0.5, 0.6) is 0 Å². The normalized spacial score (nSPS) is 11.2. The first-order valence-corrected chi connectivity index (χ1v) is 6.70. The quantitative estimate of drug-likeness (QED) is 0.775. The Morgan fingerprint density at radius 2 is 1.90 bits per heavy atom. The molecule has 102 valence electrons. The van der Waals surface area contributed by atoms with E-state index in [1.165, 1.54) is 0 Å². The average Bonchev–Trinajstić information content (AvgIpc) is 2.76. The lowest BCUT2D eigenvalue weighted by Crippen LogP contribution is -2.08. The number of aromatic nitrogens is 3. The highest BCUT2D eigenvalue weighted by Gasteiger charge is 2.11. The third kappa shape index (κ3) is 1.93. The van der Waals surface area contributed by atoms with Crippen molar-refractivity contribution >= 4 is 16.7 Å². The van der Waals surface area contributed by atoms with Gasteiger partial charge >= 0.3 is 0 Å². The van der Waals surface area contributed by atoms with Crippen LogP contribution in [0.4, 0.5) is 5.69 Å². The highest BCUT2D eigenvalue weighted by Crippen LogP contribution is 2.21. The van der Waals surface area contributed by atoms with E-state index >= 15 is 0 Å². The van der Waals surface area contributed by atoms with Gasteiger partial charge in [-0.25, -0.2) is 4.98 Å². The fourth-order valence-corrected chi connectivity index (χ4v) is 2.50. The summed E-state index contributed by atoms with van der Waals surface area (Å²) >= 11 is 0. The molecule has 0 spiro atoms. The Labute approximate surface area is 118 Å². The molecule has 0 aliphatic rings. The lowest BCUT2D eigenvalue weighted by atomic mass is 10.1. The van der Waals surface area contributed by atoms with Crippen LogP contribution in [0.15, 0.2) is 30.5 Å². The molecule has 20 heavy (non-hydrogen) atoms. The summed E-state index contributed by atoms with van der Waals surface area (Å²) in [5, 5.41) is 0. The number of fused-ring (bicyclic) bond motifs is 1. The molecular weight excluding hydrogens is 248 g/mol. The molecule has 0 radical (unpaired) electrons. The van der Waals surface area contributed by atoms with Crippen LogP contribution in [-0.2, 0) is 6.54 Å². The van der Waals surface area contributed by atoms with Crippen LogP contribution < -0.4 is 5.73 Å². The summed E-state index contributed by atoms with van der Waals surface area (Å²) in [4.78, 5) is 9.12. The van der Waals surface area contributed by atoms with Crippen LogP contribution >= 0.6 is 0 Å². The second-order valence-corrected chi connectivity index (χ2v) is 5.16. The molecule has 4 heteroatoms. The fraction of sp³-hybridized carbons (Fsp3) is 0.250. The van der Waals surface area contributed by atoms with Crippen molar-refractivity contribution in [3.63, 3.8) is 0 Å². The lowest BCUT2D eigenvalue weighted by Gasteiger charge is -2.12. The van der Waals surface area contributed by atoms with Crippen LogP contribution in [0.1, 0.15) is 22.6 Å². The van der Waals surface area contributed by atoms with Crippen molar-refractivity contribution in [2.45, 2.75) is 27.3 Å². The van der Waals surface area contributed by atoms with Gasteiger partial charge in [-0.1, -0.05) is 12.1 Å². The molecule has 2 aromatic heterocycles. The van der Waals surface area contributed by atoms with Gasteiger partial charge in [0.25, 0.3) is 0 Å². The molecule has 3 aromatic rings. The molecule has 0 fully saturated rings. The number of hydrogen-bond donors (Lipinski definition) is 1. The first-order chi connectivity index (χ1) is 9.58. The first-order valence-electron chi connectivity index (χ1n) is 6.70. The van der Waals surface area contributed by atoms with Crippen LogP contribution in [0, 0.1) is 20.8 Å². The van der Waals surface area contributed by atoms with Crippen molar-refractivity contribution in [3.8, 4) is 0 Å². The maximum Gasteiger partial charge on any atom is 0.107 e. The molecule has 4 nitrogen and oxygen atoms in total. The Hall–Kier alpha value is -2.36. The Morgan fingerprint density at radius 1 is 1.15 bits per heavy atom. The zero-order valence-corrected chi connectivity index (χ0v) is 12.0. The zero-order chi connectivity index (χ0) is 14.3. The molecule has 0 atom stereocenters. The van der Waals surface area contributed by atoms with E-state index in [-0.39, 0.29) is 0 Å². The molecule has 0 aliphatic heterocycles. The van der Waals surface area contributed by atoms with Gasteiger partial charge in [-0.2, -0.15) is 0 Å². The third-order valence-electron chi connectivity index (χ3n) is 3.83. The minimum absolute atomic E-state index is 0.697. The van der Waals surface area contributed by atoms with Gasteiger partial charge in [-0.3, -0.25) is 4.98 Å². The number of hydrogen-bond acceptors (Lipinski definition) is 3. The van der Waals surface area contributed by atoms with Crippen molar-refractivity contribution in [2.24, 2.45) is 0 Å². The van der Waals surface area contributed by atoms with E-state index in [1.54, 1.807) is 0 Å². The van der Waals surface area contributed by atoms with Crippen molar-refractivity contribution < 1.29 is 0 Å². The molecule has 0 saturated carbocycles. The Bertz CT molecular complexity index is 787. The molecule has 1 aromatic carbocycles. The third-order valence-corrected chi connectivity index (χ3v) is 3.83. The average molecular weight is 266 g/mol. The van der Waals surface area contributed by atoms with Gasteiger partial charge < -0.3 is 10.3 Å². The van der Waals surface area contributed by atoms with Gasteiger partial charge in [0.2, 0.25) is 0 Å². The number of imidazole rings is 1. The van der Waals surface area contributed by atoms with E-state index < -0.39 is 0 Å². The zero-order valence-electron chi connectivity index (χ0n) is 12.0. The van der Waals surface area contributed by atoms with Crippen LogP contribution in [-0.4, -0.2) is 14.5 Å². The number of nitrogens with two attached hydrogens (primary N) is 1. The van der Waals surface area contributed by atoms with Crippen LogP contribution in [0.3, 0.4) is 0 Å². The molecule has 0 aliphatic carbocycles. The van der Waals surface area contributed by atoms with E-state index in [0.717, 1.165) is 39.4 Å².